The van der Waals surface area contributed by atoms with Gasteiger partial charge in [-0.15, -0.1) is 0 Å². The monoisotopic (exact) mass is 303 g/mol. The SMILES string of the molecule is CNSc1cncc(-c2c(C)[nH]c3ccc(Cl)cc23)c1. The minimum Gasteiger partial charge on any atom is -0.358 e. The second kappa shape index (κ2) is 5.48. The first-order chi connectivity index (χ1) is 9.69. The molecule has 102 valence electrons. The second-order valence-electron chi connectivity index (χ2n) is 4.53. The Bertz CT molecular complexity index is 767. The molecular weight excluding hydrogens is 290 g/mol. The number of aryl methyl sites for hydroxylation is 1. The summed E-state index contributed by atoms with van der Waals surface area (Å²) in [5.41, 5.74) is 4.47. The quantitative estimate of drug-likeness (QED) is 0.704. The summed E-state index contributed by atoms with van der Waals surface area (Å²) >= 11 is 7.68. The topological polar surface area (TPSA) is 40.7 Å². The normalized spacial score (nSPS) is 11.2. The first-order valence-electron chi connectivity index (χ1n) is 6.26. The third kappa shape index (κ3) is 2.42. The van der Waals surface area contributed by atoms with E-state index in [-0.39, 0.29) is 0 Å². The standard InChI is InChI=1S/C15H14ClN3S/c1-9-15(10-5-12(20-17-2)8-18-7-10)13-6-11(16)3-4-14(13)19-9/h3-8,17,19H,1-2H3. The highest BCUT2D eigenvalue weighted by Gasteiger charge is 2.12. The van der Waals surface area contributed by atoms with Gasteiger partial charge in [-0.1, -0.05) is 11.6 Å². The van der Waals surface area contributed by atoms with Gasteiger partial charge in [0.2, 0.25) is 0 Å². The molecule has 0 spiro atoms. The van der Waals surface area contributed by atoms with Crippen LogP contribution >= 0.6 is 23.5 Å². The molecule has 3 nitrogen and oxygen atoms in total. The highest BCUT2D eigenvalue weighted by Crippen LogP contribution is 2.34. The van der Waals surface area contributed by atoms with Crippen LogP contribution < -0.4 is 4.72 Å². The van der Waals surface area contributed by atoms with E-state index in [9.17, 15) is 0 Å². The van der Waals surface area contributed by atoms with Gasteiger partial charge < -0.3 is 4.98 Å². The summed E-state index contributed by atoms with van der Waals surface area (Å²) in [5.74, 6) is 0. The average Bonchev–Trinajstić information content (AvgIpc) is 2.75. The zero-order valence-electron chi connectivity index (χ0n) is 11.2. The molecule has 0 aliphatic carbocycles. The van der Waals surface area contributed by atoms with Gasteiger partial charge in [0.1, 0.15) is 0 Å². The van der Waals surface area contributed by atoms with Crippen molar-refractivity contribution in [2.24, 2.45) is 0 Å². The number of benzene rings is 1. The van der Waals surface area contributed by atoms with Crippen LogP contribution in [0, 0.1) is 6.92 Å². The van der Waals surface area contributed by atoms with E-state index >= 15 is 0 Å². The molecular formula is C15H14ClN3S. The van der Waals surface area contributed by atoms with Crippen LogP contribution in [0.4, 0.5) is 0 Å². The first kappa shape index (κ1) is 13.5. The van der Waals surface area contributed by atoms with Crippen LogP contribution in [-0.4, -0.2) is 17.0 Å². The van der Waals surface area contributed by atoms with E-state index in [2.05, 4.69) is 27.7 Å². The fourth-order valence-electron chi connectivity index (χ4n) is 2.40. The fraction of sp³-hybridized carbons (Fsp3) is 0.133. The van der Waals surface area contributed by atoms with Crippen molar-refractivity contribution in [3.05, 3.63) is 47.4 Å². The van der Waals surface area contributed by atoms with E-state index in [0.29, 0.717) is 0 Å². The number of aromatic nitrogens is 2. The molecule has 0 saturated heterocycles. The number of pyridine rings is 1. The van der Waals surface area contributed by atoms with Crippen LogP contribution in [0.2, 0.25) is 5.02 Å². The smallest absolute Gasteiger partial charge is 0.0463 e. The first-order valence-corrected chi connectivity index (χ1v) is 7.45. The molecule has 1 aromatic carbocycles. The summed E-state index contributed by atoms with van der Waals surface area (Å²) in [5, 5.41) is 1.87. The molecule has 2 N–H and O–H groups in total. The summed E-state index contributed by atoms with van der Waals surface area (Å²) in [4.78, 5) is 8.80. The van der Waals surface area contributed by atoms with E-state index in [4.69, 9.17) is 11.6 Å². The van der Waals surface area contributed by atoms with Gasteiger partial charge in [0, 0.05) is 50.0 Å². The predicted molar refractivity (Wildman–Crippen MR) is 86.2 cm³/mol. The van der Waals surface area contributed by atoms with Gasteiger partial charge in [0.05, 0.1) is 0 Å². The molecule has 3 rings (SSSR count). The van der Waals surface area contributed by atoms with Crippen LogP contribution in [0.3, 0.4) is 0 Å². The van der Waals surface area contributed by atoms with Crippen LogP contribution in [-0.2, 0) is 0 Å². The predicted octanol–water partition coefficient (Wildman–Crippen LogP) is 4.42. The Morgan fingerprint density at radius 3 is 2.90 bits per heavy atom. The number of nitrogens with zero attached hydrogens (tertiary/aromatic N) is 1. The van der Waals surface area contributed by atoms with Crippen LogP contribution in [0.5, 0.6) is 0 Å². The zero-order chi connectivity index (χ0) is 14.1. The van der Waals surface area contributed by atoms with Crippen molar-refractivity contribution in [1.29, 1.82) is 0 Å². The van der Waals surface area contributed by atoms with Crippen molar-refractivity contribution in [1.82, 2.24) is 14.7 Å². The van der Waals surface area contributed by atoms with E-state index in [0.717, 1.165) is 37.6 Å². The summed E-state index contributed by atoms with van der Waals surface area (Å²) in [6.07, 6.45) is 3.73. The number of hydrogen-bond donors (Lipinski definition) is 2. The Labute approximate surface area is 126 Å². The number of rotatable bonds is 3. The molecule has 0 amide bonds. The van der Waals surface area contributed by atoms with Crippen molar-refractivity contribution in [3.8, 4) is 11.1 Å². The fourth-order valence-corrected chi connectivity index (χ4v) is 3.11. The lowest BCUT2D eigenvalue weighted by molar-refractivity contribution is 1.21. The molecule has 0 bridgehead atoms. The number of halogens is 1. The number of aromatic amines is 1. The van der Waals surface area contributed by atoms with Crippen LogP contribution in [0.15, 0.2) is 41.6 Å². The van der Waals surface area contributed by atoms with Gasteiger partial charge in [-0.05, 0) is 50.2 Å². The molecule has 5 heteroatoms. The second-order valence-corrected chi connectivity index (χ2v) is 6.05. The molecule has 0 fully saturated rings. The van der Waals surface area contributed by atoms with E-state index in [1.165, 1.54) is 0 Å². The molecule has 2 heterocycles. The van der Waals surface area contributed by atoms with Gasteiger partial charge in [-0.3, -0.25) is 9.71 Å². The van der Waals surface area contributed by atoms with Gasteiger partial charge >= 0.3 is 0 Å². The number of H-pyrrole nitrogens is 1. The average molecular weight is 304 g/mol. The van der Waals surface area contributed by atoms with E-state index < -0.39 is 0 Å². The lowest BCUT2D eigenvalue weighted by Crippen LogP contribution is -1.91. The molecule has 0 unspecified atom stereocenters. The van der Waals surface area contributed by atoms with Gasteiger partial charge in [0.25, 0.3) is 0 Å². The summed E-state index contributed by atoms with van der Waals surface area (Å²) < 4.78 is 3.07. The van der Waals surface area contributed by atoms with Gasteiger partial charge in [-0.2, -0.15) is 0 Å². The number of hydrogen-bond acceptors (Lipinski definition) is 3. The largest absolute Gasteiger partial charge is 0.358 e. The van der Waals surface area contributed by atoms with E-state index in [1.807, 2.05) is 37.6 Å². The lowest BCUT2D eigenvalue weighted by atomic mass is 10.0. The van der Waals surface area contributed by atoms with Gasteiger partial charge in [0.15, 0.2) is 0 Å². The Hall–Kier alpha value is -1.49. The molecule has 20 heavy (non-hydrogen) atoms. The third-order valence-electron chi connectivity index (χ3n) is 3.17. The highest BCUT2D eigenvalue weighted by atomic mass is 35.5. The Balaban J connectivity index is 2.20. The van der Waals surface area contributed by atoms with Crippen molar-refractivity contribution < 1.29 is 0 Å². The molecule has 0 saturated carbocycles. The van der Waals surface area contributed by atoms with Crippen molar-refractivity contribution in [2.75, 3.05) is 7.05 Å². The Morgan fingerprint density at radius 1 is 1.25 bits per heavy atom. The maximum absolute atomic E-state index is 6.12. The number of fused-ring (bicyclic) bond motifs is 1. The minimum absolute atomic E-state index is 0.742. The van der Waals surface area contributed by atoms with Crippen molar-refractivity contribution in [3.63, 3.8) is 0 Å². The highest BCUT2D eigenvalue weighted by molar-refractivity contribution is 7.97. The van der Waals surface area contributed by atoms with Crippen LogP contribution in [0.25, 0.3) is 22.0 Å². The summed E-state index contributed by atoms with van der Waals surface area (Å²) in [6, 6.07) is 8.03. The Kier molecular flexibility index (Phi) is 3.70. The molecule has 0 aliphatic rings. The maximum Gasteiger partial charge on any atom is 0.0463 e. The molecule has 0 radical (unpaired) electrons. The number of nitrogens with one attached hydrogen (secondary N) is 2. The molecule has 3 aromatic rings. The minimum atomic E-state index is 0.742. The molecule has 0 aliphatic heterocycles. The Morgan fingerprint density at radius 2 is 2.10 bits per heavy atom. The summed E-state index contributed by atoms with van der Waals surface area (Å²) in [7, 11) is 1.90. The van der Waals surface area contributed by atoms with Crippen molar-refractivity contribution in [2.45, 2.75) is 11.8 Å². The summed E-state index contributed by atoms with van der Waals surface area (Å²) in [6.45, 7) is 2.07. The van der Waals surface area contributed by atoms with Gasteiger partial charge in [-0.25, -0.2) is 0 Å². The van der Waals surface area contributed by atoms with Crippen molar-refractivity contribution >= 4 is 34.5 Å². The third-order valence-corrected chi connectivity index (χ3v) is 4.07. The maximum atomic E-state index is 6.12. The van der Waals surface area contributed by atoms with E-state index in [1.54, 1.807) is 11.9 Å². The lowest BCUT2D eigenvalue weighted by Gasteiger charge is -2.04. The zero-order valence-corrected chi connectivity index (χ0v) is 12.8. The molecule has 0 atom stereocenters. The van der Waals surface area contributed by atoms with Crippen LogP contribution in [0.1, 0.15) is 5.69 Å². The molecule has 2 aromatic heterocycles.